The molecule has 37 heavy (non-hydrogen) atoms. The highest BCUT2D eigenvalue weighted by Crippen LogP contribution is 2.33. The molecule has 0 radical (unpaired) electrons. The van der Waals surface area contributed by atoms with Crippen molar-refractivity contribution in [2.45, 2.75) is 68.7 Å². The molecule has 1 unspecified atom stereocenters. The van der Waals surface area contributed by atoms with Gasteiger partial charge in [0, 0.05) is 32.1 Å². The number of hydrogen-bond donors (Lipinski definition) is 3. The molecule has 0 spiro atoms. The van der Waals surface area contributed by atoms with Crippen molar-refractivity contribution in [2.24, 2.45) is 0 Å². The highest BCUT2D eigenvalue weighted by Gasteiger charge is 2.34. The number of β-amino-alcohol motifs (C(OH)–C–C–N with tert-alkyl or cyclic N) is 1. The fourth-order valence-corrected chi connectivity index (χ4v) is 5.39. The van der Waals surface area contributed by atoms with Crippen LogP contribution in [0.1, 0.15) is 49.8 Å². The molecule has 0 saturated heterocycles. The van der Waals surface area contributed by atoms with Gasteiger partial charge in [-0.2, -0.15) is 17.5 Å². The molecular formula is C26H35F3N2O5S. The van der Waals surface area contributed by atoms with Gasteiger partial charge in [0.05, 0.1) is 16.6 Å². The molecule has 3 N–H and O–H groups in total. The van der Waals surface area contributed by atoms with Crippen LogP contribution in [0, 0.1) is 0 Å². The number of carboxylic acids is 1. The molecule has 0 amide bonds. The molecule has 0 fully saturated rings. The lowest BCUT2D eigenvalue weighted by atomic mass is 9.95. The van der Waals surface area contributed by atoms with Gasteiger partial charge >= 0.3 is 12.1 Å². The zero-order chi connectivity index (χ0) is 27.9. The average molecular weight is 545 g/mol. The van der Waals surface area contributed by atoms with Gasteiger partial charge in [-0.05, 0) is 62.8 Å². The Kier molecular flexibility index (Phi) is 10.7. The molecule has 0 aliphatic rings. The number of aryl methyl sites for hydroxylation is 2. The summed E-state index contributed by atoms with van der Waals surface area (Å²) in [6.45, 7) is 3.67. The first-order chi connectivity index (χ1) is 17.1. The van der Waals surface area contributed by atoms with Crippen LogP contribution in [0.25, 0.3) is 0 Å². The lowest BCUT2D eigenvalue weighted by Crippen LogP contribution is -2.46. The Bertz CT molecular complexity index is 1140. The summed E-state index contributed by atoms with van der Waals surface area (Å²) in [6, 6.07) is 12.3. The third kappa shape index (κ3) is 9.73. The molecule has 2 aromatic carbocycles. The first-order valence-electron chi connectivity index (χ1n) is 12.0. The van der Waals surface area contributed by atoms with Gasteiger partial charge in [0.2, 0.25) is 10.0 Å². The topological polar surface area (TPSA) is 107 Å². The van der Waals surface area contributed by atoms with Crippen LogP contribution >= 0.6 is 0 Å². The molecule has 206 valence electrons. The number of nitrogens with zero attached hydrogens (tertiary/aromatic N) is 1. The van der Waals surface area contributed by atoms with E-state index < -0.39 is 45.2 Å². The summed E-state index contributed by atoms with van der Waals surface area (Å²) in [6.07, 6.45) is -3.98. The molecule has 0 bridgehead atoms. The third-order valence-corrected chi connectivity index (χ3v) is 7.99. The van der Waals surface area contributed by atoms with Crippen LogP contribution in [-0.2, 0) is 33.8 Å². The number of aliphatic hydroxyl groups is 1. The van der Waals surface area contributed by atoms with Crippen LogP contribution in [0.2, 0.25) is 0 Å². The number of aliphatic hydroxyl groups excluding tert-OH is 1. The minimum atomic E-state index is -4.77. The van der Waals surface area contributed by atoms with Gasteiger partial charge in [-0.25, -0.2) is 8.42 Å². The van der Waals surface area contributed by atoms with E-state index in [4.69, 9.17) is 5.11 Å². The maximum Gasteiger partial charge on any atom is 0.416 e. The molecule has 2 aromatic rings. The van der Waals surface area contributed by atoms with Crippen molar-refractivity contribution in [3.63, 3.8) is 0 Å². The fraction of sp³-hybridized carbons (Fsp3) is 0.500. The van der Waals surface area contributed by atoms with Crippen molar-refractivity contribution in [3.8, 4) is 0 Å². The van der Waals surface area contributed by atoms with Crippen LogP contribution in [0.15, 0.2) is 53.4 Å². The van der Waals surface area contributed by atoms with E-state index in [1.165, 1.54) is 12.6 Å². The fourth-order valence-electron chi connectivity index (χ4n) is 3.91. The van der Waals surface area contributed by atoms with Gasteiger partial charge in [0.25, 0.3) is 0 Å². The van der Waals surface area contributed by atoms with E-state index in [0.717, 1.165) is 35.7 Å². The van der Waals surface area contributed by atoms with Crippen molar-refractivity contribution in [3.05, 3.63) is 65.2 Å². The van der Waals surface area contributed by atoms with Gasteiger partial charge < -0.3 is 15.5 Å². The maximum absolute atomic E-state index is 13.3. The number of carbonyl (C=O) groups is 1. The van der Waals surface area contributed by atoms with Crippen LogP contribution in [0.5, 0.6) is 0 Å². The van der Waals surface area contributed by atoms with E-state index in [-0.39, 0.29) is 30.6 Å². The lowest BCUT2D eigenvalue weighted by molar-refractivity contribution is -0.138. The second-order valence-electron chi connectivity index (χ2n) is 9.76. The summed E-state index contributed by atoms with van der Waals surface area (Å²) in [5.74, 6) is -1.20. The largest absolute Gasteiger partial charge is 0.481 e. The van der Waals surface area contributed by atoms with Gasteiger partial charge in [-0.15, -0.1) is 0 Å². The quantitative estimate of drug-likeness (QED) is 0.331. The highest BCUT2D eigenvalue weighted by molar-refractivity contribution is 7.89. The molecule has 0 saturated carbocycles. The Morgan fingerprint density at radius 2 is 1.73 bits per heavy atom. The van der Waals surface area contributed by atoms with E-state index in [1.807, 2.05) is 32.0 Å². The van der Waals surface area contributed by atoms with Crippen LogP contribution in [-0.4, -0.2) is 60.7 Å². The van der Waals surface area contributed by atoms with E-state index in [0.29, 0.717) is 6.07 Å². The minimum Gasteiger partial charge on any atom is -0.481 e. The summed E-state index contributed by atoms with van der Waals surface area (Å²) < 4.78 is 66.9. The predicted molar refractivity (Wildman–Crippen MR) is 135 cm³/mol. The summed E-state index contributed by atoms with van der Waals surface area (Å²) in [7, 11) is -3.27. The Morgan fingerprint density at radius 3 is 2.32 bits per heavy atom. The number of aliphatic carboxylic acids is 1. The van der Waals surface area contributed by atoms with Crippen molar-refractivity contribution in [1.82, 2.24) is 9.62 Å². The monoisotopic (exact) mass is 544 g/mol. The Balaban J connectivity index is 2.04. The second-order valence-corrected chi connectivity index (χ2v) is 11.8. The minimum absolute atomic E-state index is 0.0329. The highest BCUT2D eigenvalue weighted by atomic mass is 32.2. The first kappa shape index (κ1) is 30.8. The standard InChI is InChI=1S/C26H35F3N2O5S/c1-25(2,15-7-10-19-8-5-4-6-9-19)30-17-22(32)18-31(3)37(35,36)23-16-21(26(27,28)29)13-11-20(23)12-14-24(33)34/h4-6,8-9,11,13,16,22,30,32H,7,10,12,14-15,17-18H2,1-3H3,(H,33,34). The Morgan fingerprint density at radius 1 is 1.08 bits per heavy atom. The maximum atomic E-state index is 13.3. The lowest BCUT2D eigenvalue weighted by Gasteiger charge is -2.29. The van der Waals surface area contributed by atoms with Crippen molar-refractivity contribution in [1.29, 1.82) is 0 Å². The molecule has 0 aromatic heterocycles. The summed E-state index contributed by atoms with van der Waals surface area (Å²) >= 11 is 0. The zero-order valence-corrected chi connectivity index (χ0v) is 22.1. The normalized spacial score (nSPS) is 13.6. The average Bonchev–Trinajstić information content (AvgIpc) is 2.81. The summed E-state index contributed by atoms with van der Waals surface area (Å²) in [4.78, 5) is 10.3. The van der Waals surface area contributed by atoms with E-state index in [9.17, 15) is 31.5 Å². The molecular weight excluding hydrogens is 509 g/mol. The number of rotatable bonds is 14. The predicted octanol–water partition coefficient (Wildman–Crippen LogP) is 4.10. The van der Waals surface area contributed by atoms with E-state index >= 15 is 0 Å². The summed E-state index contributed by atoms with van der Waals surface area (Å²) in [5, 5.41) is 22.7. The molecule has 7 nitrogen and oxygen atoms in total. The molecule has 0 aliphatic heterocycles. The number of hydrogen-bond acceptors (Lipinski definition) is 5. The van der Waals surface area contributed by atoms with Crippen LogP contribution < -0.4 is 5.32 Å². The van der Waals surface area contributed by atoms with Crippen molar-refractivity contribution < 1.29 is 36.6 Å². The van der Waals surface area contributed by atoms with Gasteiger partial charge in [-0.3, -0.25) is 4.79 Å². The number of likely N-dealkylation sites (N-methyl/N-ethyl adjacent to an activating group) is 1. The first-order valence-corrected chi connectivity index (χ1v) is 13.4. The van der Waals surface area contributed by atoms with E-state index in [1.54, 1.807) is 0 Å². The number of carboxylic acid groups (broad SMARTS) is 1. The van der Waals surface area contributed by atoms with Crippen LogP contribution in [0.4, 0.5) is 13.2 Å². The molecule has 2 rings (SSSR count). The van der Waals surface area contributed by atoms with Crippen LogP contribution in [0.3, 0.4) is 0 Å². The number of alkyl halides is 3. The number of nitrogens with one attached hydrogen (secondary N) is 1. The van der Waals surface area contributed by atoms with Gasteiger partial charge in [0.15, 0.2) is 0 Å². The van der Waals surface area contributed by atoms with Gasteiger partial charge in [0.1, 0.15) is 0 Å². The SMILES string of the molecule is CN(CC(O)CNC(C)(C)CCCc1ccccc1)S(=O)(=O)c1cc(C(F)(F)F)ccc1CCC(=O)O. The molecule has 1 atom stereocenters. The summed E-state index contributed by atoms with van der Waals surface area (Å²) in [5.41, 5.74) is -0.298. The molecule has 0 aliphatic carbocycles. The molecule has 0 heterocycles. The van der Waals surface area contributed by atoms with Gasteiger partial charge in [-0.1, -0.05) is 36.4 Å². The Labute approximate surface area is 216 Å². The van der Waals surface area contributed by atoms with E-state index in [2.05, 4.69) is 17.4 Å². The number of benzene rings is 2. The number of sulfonamides is 1. The van der Waals surface area contributed by atoms with Crippen molar-refractivity contribution >= 4 is 16.0 Å². The second kappa shape index (κ2) is 12.9. The third-order valence-electron chi connectivity index (χ3n) is 6.09. The zero-order valence-electron chi connectivity index (χ0n) is 21.3. The molecule has 11 heteroatoms. The number of halogens is 3. The smallest absolute Gasteiger partial charge is 0.416 e. The Hall–Kier alpha value is -2.47. The van der Waals surface area contributed by atoms with Crippen molar-refractivity contribution in [2.75, 3.05) is 20.1 Å².